The summed E-state index contributed by atoms with van der Waals surface area (Å²) < 4.78 is 0. The average Bonchev–Trinajstić information content (AvgIpc) is 2.87. The number of nitrogens with one attached hydrogen (secondary N) is 1. The Morgan fingerprint density at radius 1 is 1.17 bits per heavy atom. The monoisotopic (exact) mass is 257 g/mol. The van der Waals surface area contributed by atoms with Gasteiger partial charge in [-0.25, -0.2) is 0 Å². The molecule has 1 aromatic heterocycles. The molecule has 1 aromatic carbocycles. The molecule has 0 saturated heterocycles. The number of hydrogen-bond donors (Lipinski definition) is 1. The summed E-state index contributed by atoms with van der Waals surface area (Å²) in [5, 5.41) is 2.86. The molecule has 0 bridgehead atoms. The number of amides is 1. The first kappa shape index (κ1) is 11.2. The number of benzene rings is 1. The molecular formula is C14H11NO2S. The van der Waals surface area contributed by atoms with Crippen molar-refractivity contribution in [3.8, 4) is 10.4 Å². The van der Waals surface area contributed by atoms with Crippen LogP contribution in [0.1, 0.15) is 21.7 Å². The van der Waals surface area contributed by atoms with Gasteiger partial charge in [0, 0.05) is 17.0 Å². The quantitative estimate of drug-likeness (QED) is 0.840. The third kappa shape index (κ3) is 1.95. The van der Waals surface area contributed by atoms with Crippen LogP contribution in [0.15, 0.2) is 30.3 Å². The van der Waals surface area contributed by atoms with Gasteiger partial charge in [0.05, 0.1) is 4.88 Å². The van der Waals surface area contributed by atoms with Crippen molar-refractivity contribution >= 4 is 29.2 Å². The van der Waals surface area contributed by atoms with Crippen molar-refractivity contribution in [3.05, 3.63) is 40.8 Å². The Kier molecular flexibility index (Phi) is 2.72. The van der Waals surface area contributed by atoms with E-state index in [9.17, 15) is 9.59 Å². The Morgan fingerprint density at radius 3 is 2.83 bits per heavy atom. The third-order valence-electron chi connectivity index (χ3n) is 3.03. The van der Waals surface area contributed by atoms with Crippen molar-refractivity contribution in [2.75, 3.05) is 5.32 Å². The maximum absolute atomic E-state index is 11.3. The molecule has 0 saturated carbocycles. The molecule has 2 aromatic rings. The number of carbonyl (C=O) groups excluding carboxylic acids is 2. The molecule has 3 nitrogen and oxygen atoms in total. The van der Waals surface area contributed by atoms with E-state index in [4.69, 9.17) is 0 Å². The Morgan fingerprint density at radius 2 is 2.06 bits per heavy atom. The number of carbonyl (C=O) groups is 2. The van der Waals surface area contributed by atoms with E-state index in [1.54, 1.807) is 0 Å². The highest BCUT2D eigenvalue weighted by atomic mass is 32.1. The summed E-state index contributed by atoms with van der Waals surface area (Å²) in [5.74, 6) is 0.0783. The van der Waals surface area contributed by atoms with Crippen LogP contribution in [0, 0.1) is 0 Å². The van der Waals surface area contributed by atoms with Crippen LogP contribution >= 0.6 is 11.3 Å². The van der Waals surface area contributed by atoms with E-state index in [1.807, 2.05) is 24.3 Å². The molecular weight excluding hydrogens is 246 g/mol. The Labute approximate surface area is 108 Å². The zero-order valence-electron chi connectivity index (χ0n) is 9.60. The van der Waals surface area contributed by atoms with Crippen molar-refractivity contribution in [1.82, 2.24) is 0 Å². The number of anilines is 1. The van der Waals surface area contributed by atoms with Crippen molar-refractivity contribution in [1.29, 1.82) is 0 Å². The molecule has 4 heteroatoms. The first-order valence-electron chi connectivity index (χ1n) is 5.74. The Hall–Kier alpha value is -1.94. The molecule has 2 heterocycles. The number of hydrogen-bond acceptors (Lipinski definition) is 3. The largest absolute Gasteiger partial charge is 0.326 e. The number of fused-ring (bicyclic) bond motifs is 1. The molecule has 1 aliphatic heterocycles. The van der Waals surface area contributed by atoms with Crippen molar-refractivity contribution in [2.24, 2.45) is 0 Å². The topological polar surface area (TPSA) is 46.2 Å². The third-order valence-corrected chi connectivity index (χ3v) is 4.09. The highest BCUT2D eigenvalue weighted by molar-refractivity contribution is 7.17. The molecule has 3 rings (SSSR count). The number of aldehydes is 1. The molecule has 0 fully saturated rings. The maximum Gasteiger partial charge on any atom is 0.224 e. The predicted molar refractivity (Wildman–Crippen MR) is 72.1 cm³/mol. The Bertz CT molecular complexity index is 630. The highest BCUT2D eigenvalue weighted by Gasteiger charge is 2.15. The molecule has 90 valence electrons. The van der Waals surface area contributed by atoms with Gasteiger partial charge in [0.15, 0.2) is 6.29 Å². The minimum Gasteiger partial charge on any atom is -0.326 e. The molecule has 0 radical (unpaired) electrons. The molecule has 0 atom stereocenters. The normalized spacial score (nSPS) is 13.9. The van der Waals surface area contributed by atoms with Gasteiger partial charge in [0.1, 0.15) is 0 Å². The van der Waals surface area contributed by atoms with Crippen LogP contribution < -0.4 is 5.32 Å². The lowest BCUT2D eigenvalue weighted by Gasteiger charge is -2.17. The fourth-order valence-electron chi connectivity index (χ4n) is 2.11. The number of aryl methyl sites for hydroxylation is 1. The molecule has 0 aliphatic carbocycles. The van der Waals surface area contributed by atoms with Crippen molar-refractivity contribution in [3.63, 3.8) is 0 Å². The molecule has 1 aliphatic rings. The van der Waals surface area contributed by atoms with Crippen LogP contribution in [0.5, 0.6) is 0 Å². The summed E-state index contributed by atoms with van der Waals surface area (Å²) in [6, 6.07) is 9.79. The SMILES string of the molecule is O=Cc1ccc(-c2ccc3c(c2)CCC(=O)N3)s1. The van der Waals surface area contributed by atoms with E-state index in [-0.39, 0.29) is 5.91 Å². The van der Waals surface area contributed by atoms with Crippen LogP contribution in [0.25, 0.3) is 10.4 Å². The van der Waals surface area contributed by atoms with Gasteiger partial charge < -0.3 is 5.32 Å². The van der Waals surface area contributed by atoms with E-state index in [0.717, 1.165) is 39.3 Å². The lowest BCUT2D eigenvalue weighted by Crippen LogP contribution is -2.18. The average molecular weight is 257 g/mol. The molecule has 1 amide bonds. The zero-order valence-corrected chi connectivity index (χ0v) is 10.4. The van der Waals surface area contributed by atoms with E-state index < -0.39 is 0 Å². The van der Waals surface area contributed by atoms with Gasteiger partial charge in [-0.2, -0.15) is 0 Å². The number of thiophene rings is 1. The van der Waals surface area contributed by atoms with E-state index in [2.05, 4.69) is 11.4 Å². The smallest absolute Gasteiger partial charge is 0.224 e. The van der Waals surface area contributed by atoms with Gasteiger partial charge in [0.25, 0.3) is 0 Å². The molecule has 18 heavy (non-hydrogen) atoms. The zero-order chi connectivity index (χ0) is 12.5. The first-order valence-corrected chi connectivity index (χ1v) is 6.56. The lowest BCUT2D eigenvalue weighted by atomic mass is 10.00. The van der Waals surface area contributed by atoms with Crippen LogP contribution in [-0.4, -0.2) is 12.2 Å². The van der Waals surface area contributed by atoms with E-state index >= 15 is 0 Å². The minimum absolute atomic E-state index is 0.0783. The summed E-state index contributed by atoms with van der Waals surface area (Å²) in [4.78, 5) is 23.8. The van der Waals surface area contributed by atoms with E-state index in [1.165, 1.54) is 11.3 Å². The van der Waals surface area contributed by atoms with Gasteiger partial charge in [-0.15, -0.1) is 11.3 Å². The second-order valence-corrected chi connectivity index (χ2v) is 5.36. The van der Waals surface area contributed by atoms with Gasteiger partial charge >= 0.3 is 0 Å². The highest BCUT2D eigenvalue weighted by Crippen LogP contribution is 2.32. The van der Waals surface area contributed by atoms with Gasteiger partial charge in [-0.1, -0.05) is 6.07 Å². The fraction of sp³-hybridized carbons (Fsp3) is 0.143. The predicted octanol–water partition coefficient (Wildman–Crippen LogP) is 3.11. The lowest BCUT2D eigenvalue weighted by molar-refractivity contribution is -0.116. The first-order chi connectivity index (χ1) is 8.76. The summed E-state index contributed by atoms with van der Waals surface area (Å²) in [5.41, 5.74) is 3.17. The van der Waals surface area contributed by atoms with Gasteiger partial charge in [0.2, 0.25) is 5.91 Å². The summed E-state index contributed by atoms with van der Waals surface area (Å²) >= 11 is 1.48. The maximum atomic E-state index is 11.3. The van der Waals surface area contributed by atoms with Gasteiger partial charge in [-0.05, 0) is 41.8 Å². The minimum atomic E-state index is 0.0783. The standard InChI is InChI=1S/C14H11NO2S/c16-8-11-3-5-13(18-11)10-1-4-12-9(7-10)2-6-14(17)15-12/h1,3-5,7-8H,2,6H2,(H,15,17). The molecule has 0 spiro atoms. The molecule has 1 N–H and O–H groups in total. The second kappa shape index (κ2) is 4.38. The summed E-state index contributed by atoms with van der Waals surface area (Å²) in [6.07, 6.45) is 2.19. The molecule has 0 unspecified atom stereocenters. The number of rotatable bonds is 2. The van der Waals surface area contributed by atoms with Gasteiger partial charge in [-0.3, -0.25) is 9.59 Å². The second-order valence-electron chi connectivity index (χ2n) is 4.24. The Balaban J connectivity index is 1.99. The van der Waals surface area contributed by atoms with E-state index in [0.29, 0.717) is 6.42 Å². The van der Waals surface area contributed by atoms with Crippen LogP contribution in [-0.2, 0) is 11.2 Å². The van der Waals surface area contributed by atoms with Crippen LogP contribution in [0.2, 0.25) is 0 Å². The van der Waals surface area contributed by atoms with Crippen molar-refractivity contribution < 1.29 is 9.59 Å². The van der Waals surface area contributed by atoms with Crippen LogP contribution in [0.4, 0.5) is 5.69 Å². The van der Waals surface area contributed by atoms with Crippen molar-refractivity contribution in [2.45, 2.75) is 12.8 Å². The van der Waals surface area contributed by atoms with Crippen LogP contribution in [0.3, 0.4) is 0 Å². The fourth-order valence-corrected chi connectivity index (χ4v) is 2.93. The summed E-state index contributed by atoms with van der Waals surface area (Å²) in [6.45, 7) is 0. The summed E-state index contributed by atoms with van der Waals surface area (Å²) in [7, 11) is 0.